The van der Waals surface area contributed by atoms with Gasteiger partial charge >= 0.3 is 0 Å². The zero-order valence-electron chi connectivity index (χ0n) is 15.7. The second-order valence-electron chi connectivity index (χ2n) is 7.33. The lowest BCUT2D eigenvalue weighted by Crippen LogP contribution is -2.43. The number of phenols is 1. The first-order valence-corrected chi connectivity index (χ1v) is 9.28. The Labute approximate surface area is 159 Å². The molecule has 0 atom stereocenters. The largest absolute Gasteiger partial charge is 0.507 e. The van der Waals surface area contributed by atoms with Gasteiger partial charge in [-0.2, -0.15) is 0 Å². The van der Waals surface area contributed by atoms with Crippen molar-refractivity contribution in [2.24, 2.45) is 0 Å². The Kier molecular flexibility index (Phi) is 4.72. The minimum absolute atomic E-state index is 0.119. The monoisotopic (exact) mass is 364 g/mol. The summed E-state index contributed by atoms with van der Waals surface area (Å²) in [6, 6.07) is 11.3. The molecule has 2 aliphatic rings. The van der Waals surface area contributed by atoms with Crippen molar-refractivity contribution in [3.05, 3.63) is 64.4 Å². The van der Waals surface area contributed by atoms with Crippen LogP contribution in [0.25, 0.3) is 6.08 Å². The first kappa shape index (κ1) is 17.8. The van der Waals surface area contributed by atoms with Crippen LogP contribution in [0.2, 0.25) is 0 Å². The van der Waals surface area contributed by atoms with Crippen LogP contribution >= 0.6 is 0 Å². The highest BCUT2D eigenvalue weighted by atomic mass is 16.5. The zero-order valence-corrected chi connectivity index (χ0v) is 15.7. The number of piperazine rings is 1. The standard InChI is InChI=1S/C22H24N2O3/c1-15-12-18(25)17(14-24-10-8-23(2)9-11-24)22-20(15)21(26)19(27-22)13-16-6-4-3-5-7-16/h3-7,12-13,25H,8-11,14H2,1-2H3/b19-13-. The van der Waals surface area contributed by atoms with Crippen molar-refractivity contribution in [3.8, 4) is 11.5 Å². The molecular weight excluding hydrogens is 340 g/mol. The van der Waals surface area contributed by atoms with Crippen LogP contribution in [0.5, 0.6) is 11.5 Å². The van der Waals surface area contributed by atoms with Crippen LogP contribution in [0.4, 0.5) is 0 Å². The first-order valence-electron chi connectivity index (χ1n) is 9.28. The fourth-order valence-corrected chi connectivity index (χ4v) is 3.66. The van der Waals surface area contributed by atoms with E-state index in [1.807, 2.05) is 37.3 Å². The van der Waals surface area contributed by atoms with E-state index in [0.29, 0.717) is 29.2 Å². The van der Waals surface area contributed by atoms with Gasteiger partial charge in [0.25, 0.3) is 0 Å². The van der Waals surface area contributed by atoms with E-state index in [0.717, 1.165) is 37.3 Å². The van der Waals surface area contributed by atoms with Gasteiger partial charge in [0.05, 0.1) is 11.1 Å². The Morgan fingerprint density at radius 2 is 1.85 bits per heavy atom. The Morgan fingerprint density at radius 3 is 2.56 bits per heavy atom. The average Bonchev–Trinajstić information content (AvgIpc) is 2.98. The second-order valence-corrected chi connectivity index (χ2v) is 7.33. The number of Topliss-reactive ketones (excluding diaryl/α,β-unsaturated/α-hetero) is 1. The predicted molar refractivity (Wildman–Crippen MR) is 105 cm³/mol. The van der Waals surface area contributed by atoms with Crippen molar-refractivity contribution < 1.29 is 14.6 Å². The number of ether oxygens (including phenoxy) is 1. The maximum absolute atomic E-state index is 12.9. The fraction of sp³-hybridized carbons (Fsp3) is 0.318. The van der Waals surface area contributed by atoms with Gasteiger partial charge in [-0.1, -0.05) is 30.3 Å². The summed E-state index contributed by atoms with van der Waals surface area (Å²) in [7, 11) is 2.11. The summed E-state index contributed by atoms with van der Waals surface area (Å²) in [4.78, 5) is 17.5. The second kappa shape index (κ2) is 7.18. The van der Waals surface area contributed by atoms with Crippen LogP contribution in [0, 0.1) is 6.92 Å². The van der Waals surface area contributed by atoms with Crippen molar-refractivity contribution in [1.82, 2.24) is 9.80 Å². The number of phenolic OH excluding ortho intramolecular Hbond substituents is 1. The van der Waals surface area contributed by atoms with Gasteiger partial charge in [-0.3, -0.25) is 9.69 Å². The van der Waals surface area contributed by atoms with Crippen LogP contribution in [0.1, 0.15) is 27.0 Å². The van der Waals surface area contributed by atoms with E-state index in [9.17, 15) is 9.90 Å². The zero-order chi connectivity index (χ0) is 19.0. The maximum Gasteiger partial charge on any atom is 0.232 e. The highest BCUT2D eigenvalue weighted by Gasteiger charge is 2.33. The topological polar surface area (TPSA) is 53.0 Å². The number of aromatic hydroxyl groups is 1. The molecule has 0 aliphatic carbocycles. The summed E-state index contributed by atoms with van der Waals surface area (Å²) >= 11 is 0. The number of rotatable bonds is 3. The van der Waals surface area contributed by atoms with Gasteiger partial charge in [0.15, 0.2) is 5.76 Å². The molecule has 2 aliphatic heterocycles. The SMILES string of the molecule is Cc1cc(O)c(CN2CCN(C)CC2)c2c1C(=O)/C(=C/c1ccccc1)O2. The number of carbonyl (C=O) groups is 1. The molecule has 1 N–H and O–H groups in total. The molecular formula is C22H24N2O3. The third-order valence-electron chi connectivity index (χ3n) is 5.30. The van der Waals surface area contributed by atoms with Gasteiger partial charge in [0, 0.05) is 32.7 Å². The molecule has 0 aromatic heterocycles. The molecule has 0 unspecified atom stereocenters. The minimum Gasteiger partial charge on any atom is -0.507 e. The van der Waals surface area contributed by atoms with Crippen LogP contribution in [-0.2, 0) is 6.54 Å². The van der Waals surface area contributed by atoms with E-state index in [1.54, 1.807) is 12.1 Å². The molecule has 1 fully saturated rings. The molecule has 2 aromatic carbocycles. The average molecular weight is 364 g/mol. The van der Waals surface area contributed by atoms with Gasteiger partial charge in [-0.25, -0.2) is 0 Å². The van der Waals surface area contributed by atoms with E-state index < -0.39 is 0 Å². The molecule has 140 valence electrons. The molecule has 4 rings (SSSR count). The molecule has 0 spiro atoms. The number of carbonyl (C=O) groups excluding carboxylic acids is 1. The number of likely N-dealkylation sites (N-methyl/N-ethyl adjacent to an activating group) is 1. The van der Waals surface area contributed by atoms with Gasteiger partial charge in [-0.15, -0.1) is 0 Å². The third-order valence-corrected chi connectivity index (χ3v) is 5.30. The maximum atomic E-state index is 12.9. The molecule has 1 saturated heterocycles. The smallest absolute Gasteiger partial charge is 0.232 e. The van der Waals surface area contributed by atoms with Crippen LogP contribution < -0.4 is 4.74 Å². The van der Waals surface area contributed by atoms with Crippen LogP contribution in [-0.4, -0.2) is 53.9 Å². The molecule has 27 heavy (non-hydrogen) atoms. The summed E-state index contributed by atoms with van der Waals surface area (Å²) in [5, 5.41) is 10.6. The highest BCUT2D eigenvalue weighted by molar-refractivity contribution is 6.15. The summed E-state index contributed by atoms with van der Waals surface area (Å²) in [6.07, 6.45) is 1.76. The molecule has 0 radical (unpaired) electrons. The van der Waals surface area contributed by atoms with Gasteiger partial charge < -0.3 is 14.7 Å². The van der Waals surface area contributed by atoms with Crippen molar-refractivity contribution in [2.75, 3.05) is 33.2 Å². The summed E-state index contributed by atoms with van der Waals surface area (Å²) < 4.78 is 5.99. The first-order chi connectivity index (χ1) is 13.0. The molecule has 2 aromatic rings. The van der Waals surface area contributed by atoms with Crippen LogP contribution in [0.3, 0.4) is 0 Å². The predicted octanol–water partition coefficient (Wildman–Crippen LogP) is 3.06. The Bertz CT molecular complexity index is 898. The number of fused-ring (bicyclic) bond motifs is 1. The number of benzene rings is 2. The van der Waals surface area contributed by atoms with Crippen molar-refractivity contribution in [3.63, 3.8) is 0 Å². The van der Waals surface area contributed by atoms with E-state index in [4.69, 9.17) is 4.74 Å². The Hall–Kier alpha value is -2.63. The number of allylic oxidation sites excluding steroid dienone is 1. The summed E-state index contributed by atoms with van der Waals surface area (Å²) in [5.74, 6) is 0.896. The lowest BCUT2D eigenvalue weighted by atomic mass is 9.99. The molecule has 0 saturated carbocycles. The van der Waals surface area contributed by atoms with Crippen molar-refractivity contribution in [1.29, 1.82) is 0 Å². The molecule has 0 amide bonds. The molecule has 0 bridgehead atoms. The van der Waals surface area contributed by atoms with Crippen molar-refractivity contribution >= 4 is 11.9 Å². The summed E-state index contributed by atoms with van der Waals surface area (Å²) in [5.41, 5.74) is 2.92. The quantitative estimate of drug-likeness (QED) is 0.849. The van der Waals surface area contributed by atoms with Gasteiger partial charge in [0.2, 0.25) is 5.78 Å². The minimum atomic E-state index is -0.119. The van der Waals surface area contributed by atoms with Gasteiger partial charge in [-0.05, 0) is 37.2 Å². The van der Waals surface area contributed by atoms with E-state index in [2.05, 4.69) is 16.8 Å². The van der Waals surface area contributed by atoms with Crippen molar-refractivity contribution in [2.45, 2.75) is 13.5 Å². The van der Waals surface area contributed by atoms with Crippen LogP contribution in [0.15, 0.2) is 42.2 Å². The van der Waals surface area contributed by atoms with E-state index in [-0.39, 0.29) is 11.5 Å². The molecule has 5 heteroatoms. The number of hydrogen-bond donors (Lipinski definition) is 1. The van der Waals surface area contributed by atoms with E-state index in [1.165, 1.54) is 0 Å². The molecule has 2 heterocycles. The molecule has 5 nitrogen and oxygen atoms in total. The number of nitrogens with zero attached hydrogens (tertiary/aromatic N) is 2. The lowest BCUT2D eigenvalue weighted by Gasteiger charge is -2.32. The fourth-order valence-electron chi connectivity index (χ4n) is 3.66. The highest BCUT2D eigenvalue weighted by Crippen LogP contribution is 2.42. The normalized spacial score (nSPS) is 19.3. The number of hydrogen-bond acceptors (Lipinski definition) is 5. The number of ketones is 1. The Morgan fingerprint density at radius 1 is 1.15 bits per heavy atom. The third kappa shape index (κ3) is 3.48. The van der Waals surface area contributed by atoms with E-state index >= 15 is 0 Å². The summed E-state index contributed by atoms with van der Waals surface area (Å²) in [6.45, 7) is 6.26. The number of aryl methyl sites for hydroxylation is 1. The Balaban J connectivity index is 1.67. The lowest BCUT2D eigenvalue weighted by molar-refractivity contribution is 0.101. The van der Waals surface area contributed by atoms with Gasteiger partial charge in [0.1, 0.15) is 11.5 Å².